The Morgan fingerprint density at radius 3 is 2.62 bits per heavy atom. The predicted octanol–water partition coefficient (Wildman–Crippen LogP) is 3.56. The monoisotopic (exact) mass is 346 g/mol. The van der Waals surface area contributed by atoms with E-state index in [0.717, 1.165) is 16.9 Å². The van der Waals surface area contributed by atoms with Gasteiger partial charge in [-0.1, -0.05) is 0 Å². The van der Waals surface area contributed by atoms with Gasteiger partial charge in [0, 0.05) is 42.1 Å². The summed E-state index contributed by atoms with van der Waals surface area (Å²) in [6.45, 7) is 0. The number of thiophene rings is 1. The number of Topliss-reactive ketones (excluding diaryl/α,β-unsaturated/α-hetero) is 1. The van der Waals surface area contributed by atoms with E-state index >= 15 is 0 Å². The number of aromatic nitrogens is 3. The average molecular weight is 346 g/mol. The summed E-state index contributed by atoms with van der Waals surface area (Å²) in [7, 11) is 0. The minimum atomic E-state index is -2.73. The zero-order chi connectivity index (χ0) is 16.9. The molecule has 1 aliphatic carbocycles. The summed E-state index contributed by atoms with van der Waals surface area (Å²) < 4.78 is 26.0. The maximum Gasteiger partial charge on any atom is 0.249 e. The summed E-state index contributed by atoms with van der Waals surface area (Å²) in [6, 6.07) is 3.55. The Kier molecular flexibility index (Phi) is 3.31. The second-order valence-corrected chi connectivity index (χ2v) is 6.85. The first-order valence-corrected chi connectivity index (χ1v) is 8.13. The van der Waals surface area contributed by atoms with Gasteiger partial charge < -0.3 is 5.73 Å². The number of hydrogen-bond acceptors (Lipinski definition) is 6. The van der Waals surface area contributed by atoms with Crippen molar-refractivity contribution in [2.45, 2.75) is 18.8 Å². The Hall–Kier alpha value is -2.48. The number of halogens is 2. The molecule has 3 heterocycles. The van der Waals surface area contributed by atoms with Crippen molar-refractivity contribution in [1.29, 1.82) is 0 Å². The van der Waals surface area contributed by atoms with Crippen molar-refractivity contribution in [2.75, 3.05) is 5.73 Å². The van der Waals surface area contributed by atoms with Gasteiger partial charge in [-0.25, -0.2) is 23.7 Å². The van der Waals surface area contributed by atoms with Gasteiger partial charge in [0.2, 0.25) is 5.92 Å². The quantitative estimate of drug-likeness (QED) is 0.733. The standard InChI is InChI=1S/C16H12F2N4OS/c17-16(18)3-8(4-16)13(23)14-12(19)10-1-2-11(22-15(10)24-14)9-5-20-7-21-6-9/h1-2,5-8H,3-4,19H2. The van der Waals surface area contributed by atoms with Gasteiger partial charge in [-0.3, -0.25) is 4.79 Å². The number of rotatable bonds is 3. The predicted molar refractivity (Wildman–Crippen MR) is 87.1 cm³/mol. The molecule has 4 rings (SSSR count). The second kappa shape index (κ2) is 5.27. The van der Waals surface area contributed by atoms with Gasteiger partial charge in [0.1, 0.15) is 11.2 Å². The Morgan fingerprint density at radius 1 is 1.25 bits per heavy atom. The van der Waals surface area contributed by atoms with Crippen LogP contribution in [0.2, 0.25) is 0 Å². The van der Waals surface area contributed by atoms with E-state index in [-0.39, 0.29) is 5.78 Å². The fraction of sp³-hybridized carbons (Fsp3) is 0.250. The molecule has 0 bridgehead atoms. The number of alkyl halides is 2. The van der Waals surface area contributed by atoms with Gasteiger partial charge in [-0.05, 0) is 12.1 Å². The molecular formula is C16H12F2N4OS. The Bertz CT molecular complexity index is 934. The number of carbonyl (C=O) groups is 1. The highest BCUT2D eigenvalue weighted by Crippen LogP contribution is 2.46. The van der Waals surface area contributed by atoms with E-state index < -0.39 is 24.7 Å². The van der Waals surface area contributed by atoms with Crippen LogP contribution in [-0.2, 0) is 0 Å². The van der Waals surface area contributed by atoms with Crippen LogP contribution in [-0.4, -0.2) is 26.7 Å². The zero-order valence-electron chi connectivity index (χ0n) is 12.4. The van der Waals surface area contributed by atoms with Crippen molar-refractivity contribution in [2.24, 2.45) is 5.92 Å². The maximum atomic E-state index is 13.0. The molecule has 0 spiro atoms. The second-order valence-electron chi connectivity index (χ2n) is 5.85. The first-order chi connectivity index (χ1) is 11.4. The summed E-state index contributed by atoms with van der Waals surface area (Å²) in [6.07, 6.45) is 3.90. The lowest BCUT2D eigenvalue weighted by Crippen LogP contribution is -2.39. The maximum absolute atomic E-state index is 13.0. The summed E-state index contributed by atoms with van der Waals surface area (Å²) in [5.74, 6) is -3.70. The number of anilines is 1. The van der Waals surface area contributed by atoms with Crippen LogP contribution in [0.3, 0.4) is 0 Å². The number of pyridine rings is 1. The molecule has 5 nitrogen and oxygen atoms in total. The molecule has 0 aromatic carbocycles. The average Bonchev–Trinajstić information content (AvgIpc) is 2.89. The molecular weight excluding hydrogens is 334 g/mol. The van der Waals surface area contributed by atoms with Gasteiger partial charge >= 0.3 is 0 Å². The van der Waals surface area contributed by atoms with Crippen LogP contribution in [0.25, 0.3) is 21.5 Å². The molecule has 0 atom stereocenters. The summed E-state index contributed by atoms with van der Waals surface area (Å²) in [4.78, 5) is 25.7. The van der Waals surface area contributed by atoms with E-state index in [1.54, 1.807) is 24.5 Å². The van der Waals surface area contributed by atoms with Crippen molar-refractivity contribution in [1.82, 2.24) is 15.0 Å². The molecule has 0 saturated heterocycles. The first kappa shape index (κ1) is 15.1. The van der Waals surface area contributed by atoms with Crippen LogP contribution < -0.4 is 5.73 Å². The number of nitrogens with zero attached hydrogens (tertiary/aromatic N) is 3. The van der Waals surface area contributed by atoms with Gasteiger partial charge in [-0.2, -0.15) is 0 Å². The van der Waals surface area contributed by atoms with Gasteiger partial charge in [-0.15, -0.1) is 11.3 Å². The van der Waals surface area contributed by atoms with Crippen molar-refractivity contribution < 1.29 is 13.6 Å². The lowest BCUT2D eigenvalue weighted by molar-refractivity contribution is -0.0981. The minimum Gasteiger partial charge on any atom is -0.397 e. The van der Waals surface area contributed by atoms with E-state index in [1.165, 1.54) is 6.33 Å². The van der Waals surface area contributed by atoms with Crippen LogP contribution in [0.1, 0.15) is 22.5 Å². The van der Waals surface area contributed by atoms with Gasteiger partial charge in [0.15, 0.2) is 5.78 Å². The van der Waals surface area contributed by atoms with Crippen LogP contribution in [0, 0.1) is 5.92 Å². The normalized spacial score (nSPS) is 16.9. The highest BCUT2D eigenvalue weighted by molar-refractivity contribution is 7.21. The lowest BCUT2D eigenvalue weighted by Gasteiger charge is -2.33. The number of carbonyl (C=O) groups excluding carboxylic acids is 1. The fourth-order valence-corrected chi connectivity index (χ4v) is 3.92. The lowest BCUT2D eigenvalue weighted by atomic mass is 9.78. The van der Waals surface area contributed by atoms with Crippen LogP contribution >= 0.6 is 11.3 Å². The molecule has 0 radical (unpaired) electrons. The summed E-state index contributed by atoms with van der Waals surface area (Å²) in [5, 5.41) is 0.662. The molecule has 8 heteroatoms. The molecule has 24 heavy (non-hydrogen) atoms. The van der Waals surface area contributed by atoms with Gasteiger partial charge in [0.05, 0.1) is 16.3 Å². The molecule has 1 saturated carbocycles. The molecule has 122 valence electrons. The smallest absolute Gasteiger partial charge is 0.249 e. The number of hydrogen-bond donors (Lipinski definition) is 1. The third kappa shape index (κ3) is 2.43. The van der Waals surface area contributed by atoms with Crippen molar-refractivity contribution >= 4 is 33.0 Å². The summed E-state index contributed by atoms with van der Waals surface area (Å²) in [5.41, 5.74) is 7.78. The van der Waals surface area contributed by atoms with Crippen molar-refractivity contribution in [3.8, 4) is 11.3 Å². The molecule has 0 unspecified atom stereocenters. The van der Waals surface area contributed by atoms with Crippen LogP contribution in [0.4, 0.5) is 14.5 Å². The molecule has 2 N–H and O–H groups in total. The first-order valence-electron chi connectivity index (χ1n) is 7.31. The Labute approximate surface area is 139 Å². The molecule has 0 amide bonds. The van der Waals surface area contributed by atoms with Crippen LogP contribution in [0.5, 0.6) is 0 Å². The Morgan fingerprint density at radius 2 is 1.96 bits per heavy atom. The van der Waals surface area contributed by atoms with E-state index in [1.807, 2.05) is 0 Å². The van der Waals surface area contributed by atoms with Crippen molar-refractivity contribution in [3.63, 3.8) is 0 Å². The van der Waals surface area contributed by atoms with E-state index in [9.17, 15) is 13.6 Å². The molecule has 0 aliphatic heterocycles. The van der Waals surface area contributed by atoms with E-state index in [4.69, 9.17) is 5.73 Å². The van der Waals surface area contributed by atoms with Crippen molar-refractivity contribution in [3.05, 3.63) is 35.7 Å². The molecule has 3 aromatic heterocycles. The van der Waals surface area contributed by atoms with Crippen LogP contribution in [0.15, 0.2) is 30.9 Å². The molecule has 1 fully saturated rings. The third-order valence-corrected chi connectivity index (χ3v) is 5.26. The van der Waals surface area contributed by atoms with E-state index in [0.29, 0.717) is 26.5 Å². The fourth-order valence-electron chi connectivity index (χ4n) is 2.80. The van der Waals surface area contributed by atoms with Gasteiger partial charge in [0.25, 0.3) is 0 Å². The van der Waals surface area contributed by atoms with E-state index in [2.05, 4.69) is 15.0 Å². The number of nitrogens with two attached hydrogens (primary N) is 1. The Balaban J connectivity index is 1.71. The third-order valence-electron chi connectivity index (χ3n) is 4.13. The molecule has 3 aromatic rings. The highest BCUT2D eigenvalue weighted by Gasteiger charge is 2.49. The number of fused-ring (bicyclic) bond motifs is 1. The SMILES string of the molecule is Nc1c(C(=O)C2CC(F)(F)C2)sc2nc(-c3cncnc3)ccc12. The largest absolute Gasteiger partial charge is 0.397 e. The summed E-state index contributed by atoms with van der Waals surface area (Å²) >= 11 is 1.15. The topological polar surface area (TPSA) is 81.8 Å². The molecule has 1 aliphatic rings. The number of nitrogen functional groups attached to an aromatic ring is 1. The minimum absolute atomic E-state index is 0.314. The zero-order valence-corrected chi connectivity index (χ0v) is 13.2. The highest BCUT2D eigenvalue weighted by atomic mass is 32.1. The number of ketones is 1.